The first kappa shape index (κ1) is 13.1. The summed E-state index contributed by atoms with van der Waals surface area (Å²) in [4.78, 5) is 13.2. The molecule has 1 aromatic carbocycles. The van der Waals surface area contributed by atoms with Crippen molar-refractivity contribution in [2.24, 2.45) is 11.8 Å². The van der Waals surface area contributed by atoms with E-state index in [-0.39, 0.29) is 6.09 Å². The van der Waals surface area contributed by atoms with E-state index in [0.717, 1.165) is 30.1 Å². The third kappa shape index (κ3) is 2.64. The molecule has 1 aliphatic heterocycles. The lowest BCUT2D eigenvalue weighted by atomic mass is 9.95. The molecule has 0 bridgehead atoms. The third-order valence-electron chi connectivity index (χ3n) is 5.16. The van der Waals surface area contributed by atoms with Crippen molar-refractivity contribution < 1.29 is 9.53 Å². The summed E-state index contributed by atoms with van der Waals surface area (Å²) < 4.78 is 4.97. The molecule has 4 nitrogen and oxygen atoms in total. The number of ether oxygens (including phenoxy) is 1. The minimum Gasteiger partial charge on any atom is -0.447 e. The van der Waals surface area contributed by atoms with E-state index in [9.17, 15) is 4.79 Å². The first-order chi connectivity index (χ1) is 10.3. The number of nitrogens with one attached hydrogen (secondary N) is 1. The SMILES string of the molecule is O=C1OCCN1c1ccc(CNC2CCC[C@@H]3C[C@H]23)cc1. The summed E-state index contributed by atoms with van der Waals surface area (Å²) in [6.45, 7) is 2.08. The predicted octanol–water partition coefficient (Wildman–Crippen LogP) is 2.92. The summed E-state index contributed by atoms with van der Waals surface area (Å²) >= 11 is 0. The van der Waals surface area contributed by atoms with Gasteiger partial charge in [0, 0.05) is 18.3 Å². The van der Waals surface area contributed by atoms with Gasteiger partial charge in [0.1, 0.15) is 6.61 Å². The Kier molecular flexibility index (Phi) is 3.34. The number of cyclic esters (lactones) is 1. The van der Waals surface area contributed by atoms with Crippen LogP contribution < -0.4 is 10.2 Å². The molecule has 0 aromatic heterocycles. The number of hydrogen-bond acceptors (Lipinski definition) is 3. The smallest absolute Gasteiger partial charge is 0.414 e. The Hall–Kier alpha value is -1.55. The molecular weight excluding hydrogens is 264 g/mol. The minimum atomic E-state index is -0.233. The van der Waals surface area contributed by atoms with Gasteiger partial charge >= 0.3 is 6.09 Å². The van der Waals surface area contributed by atoms with E-state index >= 15 is 0 Å². The van der Waals surface area contributed by atoms with Gasteiger partial charge in [0.2, 0.25) is 0 Å². The van der Waals surface area contributed by atoms with Gasteiger partial charge in [-0.3, -0.25) is 4.90 Å². The zero-order valence-electron chi connectivity index (χ0n) is 12.3. The Bertz CT molecular complexity index is 528. The van der Waals surface area contributed by atoms with E-state index in [1.165, 1.54) is 31.2 Å². The lowest BCUT2D eigenvalue weighted by Crippen LogP contribution is -2.33. The highest BCUT2D eigenvalue weighted by Gasteiger charge is 2.44. The molecule has 4 rings (SSSR count). The van der Waals surface area contributed by atoms with Gasteiger partial charge in [-0.25, -0.2) is 4.79 Å². The molecule has 21 heavy (non-hydrogen) atoms. The summed E-state index contributed by atoms with van der Waals surface area (Å²) in [6.07, 6.45) is 5.37. The summed E-state index contributed by atoms with van der Waals surface area (Å²) in [5.74, 6) is 1.96. The van der Waals surface area contributed by atoms with Crippen LogP contribution in [0.1, 0.15) is 31.2 Å². The molecule has 112 valence electrons. The van der Waals surface area contributed by atoms with E-state index in [1.807, 2.05) is 12.1 Å². The van der Waals surface area contributed by atoms with E-state index < -0.39 is 0 Å². The van der Waals surface area contributed by atoms with Gasteiger partial charge in [0.25, 0.3) is 0 Å². The maximum atomic E-state index is 11.5. The molecule has 0 radical (unpaired) electrons. The molecule has 3 aliphatic rings. The van der Waals surface area contributed by atoms with Gasteiger partial charge < -0.3 is 10.1 Å². The maximum Gasteiger partial charge on any atom is 0.414 e. The van der Waals surface area contributed by atoms with Crippen LogP contribution in [0.4, 0.5) is 10.5 Å². The molecule has 2 saturated carbocycles. The van der Waals surface area contributed by atoms with Crippen LogP contribution in [0.5, 0.6) is 0 Å². The first-order valence-corrected chi connectivity index (χ1v) is 8.08. The molecule has 3 atom stereocenters. The molecular formula is C17H22N2O2. The quantitative estimate of drug-likeness (QED) is 0.925. The number of fused-ring (bicyclic) bond motifs is 1. The first-order valence-electron chi connectivity index (χ1n) is 8.08. The Morgan fingerprint density at radius 3 is 2.86 bits per heavy atom. The molecule has 1 unspecified atom stereocenters. The fourth-order valence-electron chi connectivity index (χ4n) is 3.83. The lowest BCUT2D eigenvalue weighted by molar-refractivity contribution is 0.181. The number of carbonyl (C=O) groups is 1. The van der Waals surface area contributed by atoms with Crippen molar-refractivity contribution in [3.8, 4) is 0 Å². The van der Waals surface area contributed by atoms with E-state index in [1.54, 1.807) is 4.90 Å². The van der Waals surface area contributed by atoms with Crippen LogP contribution in [-0.4, -0.2) is 25.3 Å². The van der Waals surface area contributed by atoms with Crippen molar-refractivity contribution >= 4 is 11.8 Å². The molecule has 3 fully saturated rings. The van der Waals surface area contributed by atoms with Crippen LogP contribution in [0, 0.1) is 11.8 Å². The second-order valence-electron chi connectivity index (χ2n) is 6.51. The molecule has 1 saturated heterocycles. The van der Waals surface area contributed by atoms with Gasteiger partial charge in [-0.15, -0.1) is 0 Å². The van der Waals surface area contributed by atoms with E-state index in [2.05, 4.69) is 17.4 Å². The fraction of sp³-hybridized carbons (Fsp3) is 0.588. The number of hydrogen-bond donors (Lipinski definition) is 1. The minimum absolute atomic E-state index is 0.233. The number of carbonyl (C=O) groups excluding carboxylic acids is 1. The van der Waals surface area contributed by atoms with Crippen molar-refractivity contribution in [2.75, 3.05) is 18.1 Å². The van der Waals surface area contributed by atoms with Crippen LogP contribution in [-0.2, 0) is 11.3 Å². The summed E-state index contributed by atoms with van der Waals surface area (Å²) in [5, 5.41) is 3.72. The molecule has 1 amide bonds. The topological polar surface area (TPSA) is 41.6 Å². The van der Waals surface area contributed by atoms with Crippen molar-refractivity contribution in [3.63, 3.8) is 0 Å². The van der Waals surface area contributed by atoms with Crippen LogP contribution in [0.2, 0.25) is 0 Å². The molecule has 1 N–H and O–H groups in total. The van der Waals surface area contributed by atoms with Crippen molar-refractivity contribution in [2.45, 2.75) is 38.3 Å². The highest BCUT2D eigenvalue weighted by Crippen LogP contribution is 2.49. The largest absolute Gasteiger partial charge is 0.447 e. The van der Waals surface area contributed by atoms with Crippen molar-refractivity contribution in [1.29, 1.82) is 0 Å². The highest BCUT2D eigenvalue weighted by atomic mass is 16.6. The fourth-order valence-corrected chi connectivity index (χ4v) is 3.83. The number of rotatable bonds is 4. The molecule has 1 heterocycles. The standard InChI is InChI=1S/C17H22N2O2/c20-17-19(8-9-21-17)14-6-4-12(5-7-14)11-18-16-3-1-2-13-10-15(13)16/h4-7,13,15-16,18H,1-3,8-11H2/t13-,15+,16?/m1/s1. The summed E-state index contributed by atoms with van der Waals surface area (Å²) in [6, 6.07) is 8.98. The normalized spacial score (nSPS) is 31.0. The number of nitrogens with zero attached hydrogens (tertiary/aromatic N) is 1. The second kappa shape index (κ2) is 5.34. The Morgan fingerprint density at radius 2 is 2.10 bits per heavy atom. The van der Waals surface area contributed by atoms with Crippen LogP contribution in [0.3, 0.4) is 0 Å². The third-order valence-corrected chi connectivity index (χ3v) is 5.16. The number of anilines is 1. The monoisotopic (exact) mass is 286 g/mol. The number of benzene rings is 1. The lowest BCUT2D eigenvalue weighted by Gasteiger charge is -2.23. The highest BCUT2D eigenvalue weighted by molar-refractivity contribution is 5.89. The zero-order chi connectivity index (χ0) is 14.2. The Morgan fingerprint density at radius 1 is 1.24 bits per heavy atom. The van der Waals surface area contributed by atoms with Gasteiger partial charge in [0.15, 0.2) is 0 Å². The average molecular weight is 286 g/mol. The predicted molar refractivity (Wildman–Crippen MR) is 81.2 cm³/mol. The molecule has 0 spiro atoms. The second-order valence-corrected chi connectivity index (χ2v) is 6.51. The maximum absolute atomic E-state index is 11.5. The van der Waals surface area contributed by atoms with Crippen molar-refractivity contribution in [1.82, 2.24) is 5.32 Å². The molecule has 1 aromatic rings. The van der Waals surface area contributed by atoms with Gasteiger partial charge in [-0.05, 0) is 42.4 Å². The number of amides is 1. The van der Waals surface area contributed by atoms with Crippen LogP contribution in [0.15, 0.2) is 24.3 Å². The summed E-state index contributed by atoms with van der Waals surface area (Å²) in [5.41, 5.74) is 2.22. The zero-order valence-corrected chi connectivity index (χ0v) is 12.3. The van der Waals surface area contributed by atoms with Crippen molar-refractivity contribution in [3.05, 3.63) is 29.8 Å². The van der Waals surface area contributed by atoms with Crippen LogP contribution in [0.25, 0.3) is 0 Å². The van der Waals surface area contributed by atoms with Gasteiger partial charge in [0.05, 0.1) is 6.54 Å². The van der Waals surface area contributed by atoms with E-state index in [0.29, 0.717) is 13.2 Å². The summed E-state index contributed by atoms with van der Waals surface area (Å²) in [7, 11) is 0. The van der Waals surface area contributed by atoms with Gasteiger partial charge in [-0.1, -0.05) is 25.0 Å². The Labute approximate surface area is 125 Å². The van der Waals surface area contributed by atoms with E-state index in [4.69, 9.17) is 4.74 Å². The Balaban J connectivity index is 1.34. The molecule has 4 heteroatoms. The van der Waals surface area contributed by atoms with Crippen LogP contribution >= 0.6 is 0 Å². The van der Waals surface area contributed by atoms with Gasteiger partial charge in [-0.2, -0.15) is 0 Å². The molecule has 2 aliphatic carbocycles. The average Bonchev–Trinajstić information content (AvgIpc) is 3.20.